The summed E-state index contributed by atoms with van der Waals surface area (Å²) in [6.45, 7) is 0.431. The van der Waals surface area contributed by atoms with Gasteiger partial charge in [0.25, 0.3) is 11.1 Å². The zero-order valence-corrected chi connectivity index (χ0v) is 21.7. The first kappa shape index (κ1) is 24.5. The van der Waals surface area contributed by atoms with Crippen LogP contribution in [0.1, 0.15) is 11.1 Å². The molecule has 0 atom stereocenters. The zero-order valence-electron chi connectivity index (χ0n) is 17.7. The van der Waals surface area contributed by atoms with E-state index in [1.54, 1.807) is 36.4 Å². The lowest BCUT2D eigenvalue weighted by Crippen LogP contribution is -2.32. The van der Waals surface area contributed by atoms with E-state index in [9.17, 15) is 14.0 Å². The van der Waals surface area contributed by atoms with E-state index in [0.717, 1.165) is 11.8 Å². The molecule has 0 aliphatic carbocycles. The Morgan fingerprint density at radius 2 is 1.62 bits per heavy atom. The molecule has 0 saturated carbocycles. The summed E-state index contributed by atoms with van der Waals surface area (Å²) < 4.78 is 26.5. The van der Waals surface area contributed by atoms with Crippen LogP contribution in [-0.2, 0) is 11.4 Å². The maximum absolute atomic E-state index is 13.9. The monoisotopic (exact) mass is 605 g/mol. The molecule has 3 aromatic rings. The van der Waals surface area contributed by atoms with Crippen LogP contribution >= 0.6 is 43.6 Å². The van der Waals surface area contributed by atoms with Gasteiger partial charge in [-0.3, -0.25) is 14.5 Å². The molecular formula is C25H18Br2FNO4S. The van der Waals surface area contributed by atoms with E-state index >= 15 is 0 Å². The first-order valence-corrected chi connectivity index (χ1v) is 12.6. The number of para-hydroxylation sites is 1. The van der Waals surface area contributed by atoms with Crippen molar-refractivity contribution in [1.29, 1.82) is 0 Å². The second-order valence-electron chi connectivity index (χ2n) is 7.19. The van der Waals surface area contributed by atoms with Crippen molar-refractivity contribution >= 4 is 60.8 Å². The minimum Gasteiger partial charge on any atom is -0.492 e. The lowest BCUT2D eigenvalue weighted by Gasteiger charge is -2.13. The van der Waals surface area contributed by atoms with E-state index < -0.39 is 0 Å². The van der Waals surface area contributed by atoms with Gasteiger partial charge in [-0.15, -0.1) is 0 Å². The van der Waals surface area contributed by atoms with E-state index in [0.29, 0.717) is 36.5 Å². The van der Waals surface area contributed by atoms with Crippen LogP contribution < -0.4 is 9.47 Å². The number of benzene rings is 3. The fraction of sp³-hybridized carbons (Fsp3) is 0.120. The number of hydrogen-bond donors (Lipinski definition) is 0. The largest absolute Gasteiger partial charge is 0.492 e. The third-order valence-electron chi connectivity index (χ3n) is 4.85. The summed E-state index contributed by atoms with van der Waals surface area (Å²) in [6.07, 6.45) is 1.65. The molecule has 1 aliphatic heterocycles. The summed E-state index contributed by atoms with van der Waals surface area (Å²) in [6, 6.07) is 19.2. The summed E-state index contributed by atoms with van der Waals surface area (Å²) in [7, 11) is 0. The van der Waals surface area contributed by atoms with Gasteiger partial charge in [0.1, 0.15) is 30.5 Å². The number of nitrogens with zero attached hydrogens (tertiary/aromatic N) is 1. The Hall–Kier alpha value is -2.62. The molecule has 34 heavy (non-hydrogen) atoms. The first-order valence-electron chi connectivity index (χ1n) is 10.2. The summed E-state index contributed by atoms with van der Waals surface area (Å²) in [5.41, 5.74) is 1.14. The van der Waals surface area contributed by atoms with Gasteiger partial charge in [-0.25, -0.2) is 4.39 Å². The third-order valence-corrected chi connectivity index (χ3v) is 6.93. The molecule has 0 bridgehead atoms. The number of imide groups is 1. The molecule has 2 amide bonds. The second kappa shape index (κ2) is 11.2. The lowest BCUT2D eigenvalue weighted by molar-refractivity contribution is -0.123. The van der Waals surface area contributed by atoms with Gasteiger partial charge in [0.2, 0.25) is 0 Å². The molecule has 1 saturated heterocycles. The second-order valence-corrected chi connectivity index (χ2v) is 9.89. The van der Waals surface area contributed by atoms with Gasteiger partial charge in [0, 0.05) is 5.56 Å². The number of ether oxygens (including phenoxy) is 2. The quantitative estimate of drug-likeness (QED) is 0.257. The van der Waals surface area contributed by atoms with Gasteiger partial charge in [0.15, 0.2) is 0 Å². The van der Waals surface area contributed by atoms with Crippen LogP contribution in [0.3, 0.4) is 0 Å². The molecule has 0 unspecified atom stereocenters. The van der Waals surface area contributed by atoms with Crippen molar-refractivity contribution in [3.05, 3.63) is 97.5 Å². The highest BCUT2D eigenvalue weighted by Crippen LogP contribution is 2.38. The molecule has 5 nitrogen and oxygen atoms in total. The predicted molar refractivity (Wildman–Crippen MR) is 137 cm³/mol. The number of carbonyl (C=O) groups is 2. The SMILES string of the molecule is O=C1S/C(=C\c2cc(Br)c(OCc3ccccc3F)c(Br)c2)C(=O)N1CCOc1ccccc1. The molecule has 0 spiro atoms. The van der Waals surface area contributed by atoms with E-state index in [2.05, 4.69) is 31.9 Å². The molecule has 9 heteroatoms. The smallest absolute Gasteiger partial charge is 0.293 e. The summed E-state index contributed by atoms with van der Waals surface area (Å²) >= 11 is 7.83. The average molecular weight is 607 g/mol. The zero-order chi connectivity index (χ0) is 24.1. The fourth-order valence-electron chi connectivity index (χ4n) is 3.18. The van der Waals surface area contributed by atoms with Crippen LogP contribution in [0.25, 0.3) is 6.08 Å². The van der Waals surface area contributed by atoms with Crippen LogP contribution in [-0.4, -0.2) is 29.2 Å². The van der Waals surface area contributed by atoms with Crippen LogP contribution in [0.2, 0.25) is 0 Å². The summed E-state index contributed by atoms with van der Waals surface area (Å²) in [4.78, 5) is 26.6. The van der Waals surface area contributed by atoms with Crippen molar-refractivity contribution in [2.24, 2.45) is 0 Å². The highest BCUT2D eigenvalue weighted by Gasteiger charge is 2.34. The maximum Gasteiger partial charge on any atom is 0.293 e. The van der Waals surface area contributed by atoms with Gasteiger partial charge in [-0.05, 0) is 85.6 Å². The van der Waals surface area contributed by atoms with Gasteiger partial charge in [0.05, 0.1) is 20.4 Å². The summed E-state index contributed by atoms with van der Waals surface area (Å²) in [5, 5.41) is -0.337. The Morgan fingerprint density at radius 3 is 2.32 bits per heavy atom. The number of amides is 2. The van der Waals surface area contributed by atoms with Crippen molar-refractivity contribution < 1.29 is 23.5 Å². The van der Waals surface area contributed by atoms with Gasteiger partial charge in [-0.2, -0.15) is 0 Å². The number of halogens is 3. The third kappa shape index (κ3) is 5.89. The molecule has 4 rings (SSSR count). The Morgan fingerprint density at radius 1 is 0.941 bits per heavy atom. The number of hydrogen-bond acceptors (Lipinski definition) is 5. The van der Waals surface area contributed by atoms with Gasteiger partial charge < -0.3 is 9.47 Å². The average Bonchev–Trinajstić information content (AvgIpc) is 3.07. The van der Waals surface area contributed by atoms with Crippen LogP contribution in [0.4, 0.5) is 9.18 Å². The van der Waals surface area contributed by atoms with Crippen LogP contribution in [0.15, 0.2) is 80.6 Å². The van der Waals surface area contributed by atoms with Crippen LogP contribution in [0, 0.1) is 5.82 Å². The Bertz CT molecular complexity index is 1230. The number of carbonyl (C=O) groups excluding carboxylic acids is 2. The standard InChI is InChI=1S/C25H18Br2FNO4S/c26-19-12-16(13-20(27)23(19)33-15-17-6-4-5-9-21(17)28)14-22-24(30)29(25(31)34-22)10-11-32-18-7-2-1-3-8-18/h1-9,12-14H,10-11,15H2/b22-14-. The molecule has 1 fully saturated rings. The Labute approximate surface area is 217 Å². The topological polar surface area (TPSA) is 55.8 Å². The fourth-order valence-corrected chi connectivity index (χ4v) is 5.50. The van der Waals surface area contributed by atoms with Crippen molar-refractivity contribution in [3.63, 3.8) is 0 Å². The van der Waals surface area contributed by atoms with Crippen molar-refractivity contribution in [2.75, 3.05) is 13.2 Å². The number of rotatable bonds is 8. The van der Waals surface area contributed by atoms with Crippen molar-refractivity contribution in [3.8, 4) is 11.5 Å². The maximum atomic E-state index is 13.9. The number of thioether (sulfide) groups is 1. The van der Waals surface area contributed by atoms with E-state index in [4.69, 9.17) is 9.47 Å². The molecular weight excluding hydrogens is 589 g/mol. The van der Waals surface area contributed by atoms with E-state index in [-0.39, 0.29) is 36.7 Å². The first-order chi connectivity index (χ1) is 16.4. The van der Waals surface area contributed by atoms with Gasteiger partial charge in [-0.1, -0.05) is 36.4 Å². The van der Waals surface area contributed by atoms with E-state index in [1.807, 2.05) is 30.3 Å². The highest BCUT2D eigenvalue weighted by atomic mass is 79.9. The Balaban J connectivity index is 1.42. The molecule has 0 aromatic heterocycles. The highest BCUT2D eigenvalue weighted by molar-refractivity contribution is 9.11. The molecule has 3 aromatic carbocycles. The van der Waals surface area contributed by atoms with Crippen LogP contribution in [0.5, 0.6) is 11.5 Å². The summed E-state index contributed by atoms with van der Waals surface area (Å²) in [5.74, 6) is 0.485. The normalized spacial score (nSPS) is 14.7. The molecule has 0 radical (unpaired) electrons. The van der Waals surface area contributed by atoms with E-state index in [1.165, 1.54) is 11.0 Å². The lowest BCUT2D eigenvalue weighted by atomic mass is 10.2. The van der Waals surface area contributed by atoms with Gasteiger partial charge >= 0.3 is 0 Å². The van der Waals surface area contributed by atoms with Crippen molar-refractivity contribution in [2.45, 2.75) is 6.61 Å². The minimum atomic E-state index is -0.362. The Kier molecular flexibility index (Phi) is 8.07. The molecule has 1 heterocycles. The van der Waals surface area contributed by atoms with Crippen molar-refractivity contribution in [1.82, 2.24) is 4.90 Å². The minimum absolute atomic E-state index is 0.0627. The molecule has 0 N–H and O–H groups in total. The predicted octanol–water partition coefficient (Wildman–Crippen LogP) is 7.05. The molecule has 174 valence electrons. The molecule has 1 aliphatic rings.